The normalized spacial score (nSPS) is 10.4. The Morgan fingerprint density at radius 1 is 1.11 bits per heavy atom. The maximum atomic E-state index is 11.5. The van der Waals surface area contributed by atoms with Crippen LogP contribution >= 0.6 is 0 Å². The van der Waals surface area contributed by atoms with Crippen molar-refractivity contribution in [1.29, 1.82) is 0 Å². The molecule has 3 rings (SSSR count). The first-order chi connectivity index (χ1) is 12.9. The Morgan fingerprint density at radius 2 is 1.78 bits per heavy atom. The fourth-order valence-electron chi connectivity index (χ4n) is 2.60. The van der Waals surface area contributed by atoms with Crippen LogP contribution in [0, 0.1) is 17.0 Å². The van der Waals surface area contributed by atoms with Crippen molar-refractivity contribution in [2.24, 2.45) is 0 Å². The molecule has 1 aromatic heterocycles. The lowest BCUT2D eigenvalue weighted by molar-refractivity contribution is -0.383. The van der Waals surface area contributed by atoms with Gasteiger partial charge in [-0.25, -0.2) is 0 Å². The number of nitrogens with zero attached hydrogens (tertiary/aromatic N) is 4. The molecule has 0 bridgehead atoms. The second-order valence-corrected chi connectivity index (χ2v) is 6.20. The van der Waals surface area contributed by atoms with Crippen molar-refractivity contribution in [3.63, 3.8) is 0 Å². The third kappa shape index (κ3) is 4.30. The molecule has 0 saturated carbocycles. The van der Waals surface area contributed by atoms with Crippen LogP contribution in [0.4, 0.5) is 29.0 Å². The van der Waals surface area contributed by atoms with Gasteiger partial charge in [-0.1, -0.05) is 48.0 Å². The SMILES string of the molecule is Cc1ccc(Nc2nc(N(C)Cc3ccccc3)nc(N)c2[N+](=O)[O-])cc1. The Kier molecular flexibility index (Phi) is 5.16. The fourth-order valence-corrected chi connectivity index (χ4v) is 2.60. The van der Waals surface area contributed by atoms with Crippen molar-refractivity contribution in [2.45, 2.75) is 13.5 Å². The smallest absolute Gasteiger partial charge is 0.353 e. The van der Waals surface area contributed by atoms with Gasteiger partial charge in [0, 0.05) is 19.3 Å². The molecule has 27 heavy (non-hydrogen) atoms. The number of rotatable bonds is 6. The van der Waals surface area contributed by atoms with Crippen LogP contribution in [0.1, 0.15) is 11.1 Å². The van der Waals surface area contributed by atoms with Crippen LogP contribution in [-0.4, -0.2) is 21.9 Å². The summed E-state index contributed by atoms with van der Waals surface area (Å²) in [6.45, 7) is 2.51. The van der Waals surface area contributed by atoms with Gasteiger partial charge in [0.1, 0.15) is 0 Å². The number of nitrogen functional groups attached to an aromatic ring is 1. The van der Waals surface area contributed by atoms with E-state index >= 15 is 0 Å². The van der Waals surface area contributed by atoms with Gasteiger partial charge in [0.2, 0.25) is 17.6 Å². The number of hydrogen-bond donors (Lipinski definition) is 2. The average Bonchev–Trinajstić information content (AvgIpc) is 2.63. The highest BCUT2D eigenvalue weighted by Gasteiger charge is 2.24. The quantitative estimate of drug-likeness (QED) is 0.507. The van der Waals surface area contributed by atoms with Crippen LogP contribution < -0.4 is 16.0 Å². The summed E-state index contributed by atoms with van der Waals surface area (Å²) in [4.78, 5) is 21.1. The number of aryl methyl sites for hydroxylation is 1. The topological polar surface area (TPSA) is 110 Å². The van der Waals surface area contributed by atoms with E-state index in [9.17, 15) is 10.1 Å². The molecule has 0 fully saturated rings. The zero-order valence-corrected chi connectivity index (χ0v) is 15.1. The molecule has 8 nitrogen and oxygen atoms in total. The van der Waals surface area contributed by atoms with E-state index in [0.717, 1.165) is 11.1 Å². The van der Waals surface area contributed by atoms with Crippen molar-refractivity contribution in [1.82, 2.24) is 9.97 Å². The summed E-state index contributed by atoms with van der Waals surface area (Å²) >= 11 is 0. The van der Waals surface area contributed by atoms with Gasteiger partial charge in [-0.3, -0.25) is 10.1 Å². The summed E-state index contributed by atoms with van der Waals surface area (Å²) in [5.41, 5.74) is 8.36. The number of nitrogens with one attached hydrogen (secondary N) is 1. The van der Waals surface area contributed by atoms with E-state index in [0.29, 0.717) is 18.2 Å². The second-order valence-electron chi connectivity index (χ2n) is 6.20. The van der Waals surface area contributed by atoms with Gasteiger partial charge in [-0.15, -0.1) is 0 Å². The third-order valence-electron chi connectivity index (χ3n) is 4.00. The molecule has 0 aliphatic rings. The molecule has 2 aromatic carbocycles. The highest BCUT2D eigenvalue weighted by Crippen LogP contribution is 2.32. The van der Waals surface area contributed by atoms with Gasteiger partial charge < -0.3 is 16.0 Å². The van der Waals surface area contributed by atoms with Gasteiger partial charge >= 0.3 is 5.69 Å². The average molecular weight is 364 g/mol. The number of anilines is 4. The number of benzene rings is 2. The molecule has 8 heteroatoms. The van der Waals surface area contributed by atoms with E-state index in [1.807, 2.05) is 68.6 Å². The summed E-state index contributed by atoms with van der Waals surface area (Å²) in [5.74, 6) is 0.183. The minimum atomic E-state index is -0.577. The predicted octanol–water partition coefficient (Wildman–Crippen LogP) is 3.66. The molecule has 1 heterocycles. The van der Waals surface area contributed by atoms with Gasteiger partial charge in [-0.2, -0.15) is 9.97 Å². The zero-order chi connectivity index (χ0) is 19.4. The summed E-state index contributed by atoms with van der Waals surface area (Å²) in [7, 11) is 1.81. The van der Waals surface area contributed by atoms with Gasteiger partial charge in [0.15, 0.2) is 0 Å². The second kappa shape index (κ2) is 7.69. The number of nitrogens with two attached hydrogens (primary N) is 1. The molecular weight excluding hydrogens is 344 g/mol. The van der Waals surface area contributed by atoms with E-state index in [1.54, 1.807) is 4.90 Å². The van der Waals surface area contributed by atoms with Crippen LogP contribution in [0.15, 0.2) is 54.6 Å². The first-order valence-corrected chi connectivity index (χ1v) is 8.34. The first kappa shape index (κ1) is 18.1. The zero-order valence-electron chi connectivity index (χ0n) is 15.1. The van der Waals surface area contributed by atoms with E-state index in [1.165, 1.54) is 0 Å². The van der Waals surface area contributed by atoms with Crippen LogP contribution in [0.5, 0.6) is 0 Å². The molecule has 0 amide bonds. The van der Waals surface area contributed by atoms with Crippen molar-refractivity contribution >= 4 is 29.0 Å². The van der Waals surface area contributed by atoms with Gasteiger partial charge in [0.05, 0.1) is 4.92 Å². The lowest BCUT2D eigenvalue weighted by Gasteiger charge is -2.18. The standard InChI is InChI=1S/C19H20N6O2/c1-13-8-10-15(11-9-13)21-18-16(25(26)27)17(20)22-19(23-18)24(2)12-14-6-4-3-5-7-14/h3-11H,12H2,1-2H3,(H3,20,21,22,23). The molecule has 0 unspecified atom stereocenters. The summed E-state index contributed by atoms with van der Waals surface area (Å²) in [6.07, 6.45) is 0. The van der Waals surface area contributed by atoms with Crippen molar-refractivity contribution < 1.29 is 4.92 Å². The molecule has 0 aliphatic carbocycles. The molecule has 3 N–H and O–H groups in total. The minimum absolute atomic E-state index is 0.0614. The van der Waals surface area contributed by atoms with E-state index in [4.69, 9.17) is 5.73 Å². The summed E-state index contributed by atoms with van der Waals surface area (Å²) in [5, 5.41) is 14.4. The molecule has 3 aromatic rings. The molecule has 0 aliphatic heterocycles. The summed E-state index contributed by atoms with van der Waals surface area (Å²) in [6, 6.07) is 17.2. The van der Waals surface area contributed by atoms with Crippen LogP contribution in [0.3, 0.4) is 0 Å². The van der Waals surface area contributed by atoms with Crippen LogP contribution in [-0.2, 0) is 6.54 Å². The molecule has 0 radical (unpaired) electrons. The molecule has 138 valence electrons. The monoisotopic (exact) mass is 364 g/mol. The van der Waals surface area contributed by atoms with E-state index in [-0.39, 0.29) is 17.3 Å². The van der Waals surface area contributed by atoms with Gasteiger partial charge in [-0.05, 0) is 24.6 Å². The molecular formula is C19H20N6O2. The Bertz CT molecular complexity index is 944. The number of aromatic nitrogens is 2. The van der Waals surface area contributed by atoms with Crippen molar-refractivity contribution in [3.05, 3.63) is 75.8 Å². The number of nitro groups is 1. The van der Waals surface area contributed by atoms with Gasteiger partial charge in [0.25, 0.3) is 0 Å². The maximum Gasteiger partial charge on any atom is 0.353 e. The number of hydrogen-bond acceptors (Lipinski definition) is 7. The predicted molar refractivity (Wildman–Crippen MR) is 106 cm³/mol. The van der Waals surface area contributed by atoms with E-state index in [2.05, 4.69) is 15.3 Å². The van der Waals surface area contributed by atoms with Crippen molar-refractivity contribution in [2.75, 3.05) is 23.0 Å². The highest BCUT2D eigenvalue weighted by atomic mass is 16.6. The fraction of sp³-hybridized carbons (Fsp3) is 0.158. The highest BCUT2D eigenvalue weighted by molar-refractivity contribution is 5.74. The molecule has 0 spiro atoms. The Morgan fingerprint density at radius 3 is 2.41 bits per heavy atom. The Hall–Kier alpha value is -3.68. The molecule has 0 saturated heterocycles. The largest absolute Gasteiger partial charge is 0.378 e. The first-order valence-electron chi connectivity index (χ1n) is 8.34. The lowest BCUT2D eigenvalue weighted by Crippen LogP contribution is -2.20. The Balaban J connectivity index is 1.95. The van der Waals surface area contributed by atoms with Crippen molar-refractivity contribution in [3.8, 4) is 0 Å². The lowest BCUT2D eigenvalue weighted by atomic mass is 10.2. The Labute approximate surface area is 156 Å². The third-order valence-corrected chi connectivity index (χ3v) is 4.00. The molecule has 0 atom stereocenters. The van der Waals surface area contributed by atoms with E-state index < -0.39 is 4.92 Å². The van der Waals surface area contributed by atoms with Crippen LogP contribution in [0.25, 0.3) is 0 Å². The van der Waals surface area contributed by atoms with Crippen LogP contribution in [0.2, 0.25) is 0 Å². The summed E-state index contributed by atoms with van der Waals surface area (Å²) < 4.78 is 0. The maximum absolute atomic E-state index is 11.5. The minimum Gasteiger partial charge on any atom is -0.378 e.